The van der Waals surface area contributed by atoms with E-state index in [2.05, 4.69) is 148 Å². The van der Waals surface area contributed by atoms with Crippen LogP contribution in [0.15, 0.2) is 134 Å². The van der Waals surface area contributed by atoms with Crippen LogP contribution >= 0.6 is 7.82 Å². The molecule has 0 aliphatic carbocycles. The molecule has 1 N–H and O–H groups in total. The van der Waals surface area contributed by atoms with Crippen molar-refractivity contribution in [2.75, 3.05) is 47.5 Å². The van der Waals surface area contributed by atoms with Crippen LogP contribution in [0.2, 0.25) is 0 Å². The molecule has 0 aromatic carbocycles. The predicted octanol–water partition coefficient (Wildman–Crippen LogP) is 15.4. The van der Waals surface area contributed by atoms with Crippen LogP contribution in [-0.2, 0) is 32.7 Å². The van der Waals surface area contributed by atoms with Gasteiger partial charge in [-0.2, -0.15) is 0 Å². The minimum atomic E-state index is -4.39. The van der Waals surface area contributed by atoms with Gasteiger partial charge in [0.05, 0.1) is 27.7 Å². The molecule has 0 saturated carbocycles. The van der Waals surface area contributed by atoms with Crippen molar-refractivity contribution in [2.24, 2.45) is 0 Å². The van der Waals surface area contributed by atoms with Gasteiger partial charge in [0.25, 0.3) is 0 Å². The van der Waals surface area contributed by atoms with Gasteiger partial charge >= 0.3 is 19.8 Å². The third-order valence-corrected chi connectivity index (χ3v) is 10.9. The molecular weight excluding hydrogens is 858 g/mol. The highest BCUT2D eigenvalue weighted by Gasteiger charge is 2.27. The van der Waals surface area contributed by atoms with Crippen molar-refractivity contribution in [2.45, 2.75) is 168 Å². The number of ether oxygens (including phenoxy) is 2. The van der Waals surface area contributed by atoms with Gasteiger partial charge in [0.15, 0.2) is 6.10 Å². The van der Waals surface area contributed by atoms with E-state index in [4.69, 9.17) is 18.5 Å². The summed E-state index contributed by atoms with van der Waals surface area (Å²) >= 11 is 0. The third kappa shape index (κ3) is 51.4. The van der Waals surface area contributed by atoms with E-state index in [0.717, 1.165) is 122 Å². The minimum Gasteiger partial charge on any atom is -0.462 e. The highest BCUT2D eigenvalue weighted by molar-refractivity contribution is 7.47. The summed E-state index contributed by atoms with van der Waals surface area (Å²) in [6.45, 7) is 4.16. The molecule has 0 radical (unpaired) electrons. The summed E-state index contributed by atoms with van der Waals surface area (Å²) in [5.41, 5.74) is 0. The van der Waals surface area contributed by atoms with Gasteiger partial charge in [-0.1, -0.05) is 186 Å². The van der Waals surface area contributed by atoms with Crippen LogP contribution in [0.4, 0.5) is 0 Å². The third-order valence-electron chi connectivity index (χ3n) is 9.95. The van der Waals surface area contributed by atoms with Crippen molar-refractivity contribution in [3.8, 4) is 0 Å². The highest BCUT2D eigenvalue weighted by atomic mass is 31.2. The number of unbranched alkanes of at least 4 members (excludes halogenated alkanes) is 8. The first kappa shape index (κ1) is 63.1. The number of phosphoric acid groups is 1. The van der Waals surface area contributed by atoms with E-state index in [1.807, 2.05) is 21.1 Å². The number of hydrogen-bond acceptors (Lipinski definition) is 7. The Morgan fingerprint density at radius 1 is 0.478 bits per heavy atom. The molecule has 0 aliphatic rings. The molecule has 0 spiro atoms. The van der Waals surface area contributed by atoms with Crippen LogP contribution in [0, 0.1) is 0 Å². The largest absolute Gasteiger partial charge is 0.472 e. The summed E-state index contributed by atoms with van der Waals surface area (Å²) in [5.74, 6) is -0.860. The average Bonchev–Trinajstić information content (AvgIpc) is 3.29. The Morgan fingerprint density at radius 2 is 0.851 bits per heavy atom. The van der Waals surface area contributed by atoms with Crippen LogP contribution in [-0.4, -0.2) is 74.9 Å². The van der Waals surface area contributed by atoms with E-state index in [9.17, 15) is 19.0 Å². The number of carbonyl (C=O) groups is 2. The van der Waals surface area contributed by atoms with Crippen LogP contribution < -0.4 is 0 Å². The second-order valence-corrected chi connectivity index (χ2v) is 18.9. The van der Waals surface area contributed by atoms with Gasteiger partial charge in [-0.05, 0) is 96.3 Å². The minimum absolute atomic E-state index is 0.0181. The number of esters is 2. The predicted molar refractivity (Wildman–Crippen MR) is 284 cm³/mol. The van der Waals surface area contributed by atoms with Crippen molar-refractivity contribution >= 4 is 19.8 Å². The molecule has 9 nitrogen and oxygen atoms in total. The number of likely N-dealkylation sites (N-methyl/N-ethyl adjacent to an activating group) is 1. The number of nitrogens with zero attached hydrogens (tertiary/aromatic N) is 1. The summed E-state index contributed by atoms with van der Waals surface area (Å²) in [7, 11) is 1.43. The van der Waals surface area contributed by atoms with Gasteiger partial charge in [-0.15, -0.1) is 0 Å². The number of carbonyl (C=O) groups excluding carboxylic acids is 2. The molecular formula is C57H93NO8P+. The molecule has 67 heavy (non-hydrogen) atoms. The molecule has 0 fully saturated rings. The maximum absolute atomic E-state index is 12.7. The van der Waals surface area contributed by atoms with Crippen molar-refractivity contribution in [3.63, 3.8) is 0 Å². The van der Waals surface area contributed by atoms with Crippen LogP contribution in [0.3, 0.4) is 0 Å². The van der Waals surface area contributed by atoms with E-state index in [1.54, 1.807) is 0 Å². The summed E-state index contributed by atoms with van der Waals surface area (Å²) < 4.78 is 34.1. The standard InChI is InChI=1S/C57H92NO8P/c1-6-8-10-12-14-15-16-17-18-19-20-21-22-23-24-25-26-27-28-29-30-31-32-33-34-35-36-37-38-39-40-41-42-43-44-46-48-50-57(60)66-55(53-63-56(59)49-47-45-13-11-9-7-2)54-65-67(61,62)64-52-51-58(3,4)5/h8,10,14-15,17-18,20-21,23-24,26-27,29-30,32-33,35-36,38-39,41-42,55H,6-7,9,11-13,16,19,22,25,28,31,34,37,40,43-54H2,1-5H3/p+1/b10-8-,15-14-,18-17-,21-20-,24-23-,27-26-,30-29-,33-32-,36-35-,39-38-,42-41-. The Hall–Kier alpha value is -3.85. The summed E-state index contributed by atoms with van der Waals surface area (Å²) in [6, 6.07) is 0. The smallest absolute Gasteiger partial charge is 0.462 e. The lowest BCUT2D eigenvalue weighted by Gasteiger charge is -2.24. The van der Waals surface area contributed by atoms with Crippen LogP contribution in [0.25, 0.3) is 0 Å². The van der Waals surface area contributed by atoms with E-state index < -0.39 is 32.5 Å². The maximum Gasteiger partial charge on any atom is 0.472 e. The molecule has 2 atom stereocenters. The fraction of sp³-hybridized carbons (Fsp3) is 0.579. The van der Waals surface area contributed by atoms with Crippen molar-refractivity contribution in [1.82, 2.24) is 0 Å². The van der Waals surface area contributed by atoms with Gasteiger partial charge < -0.3 is 18.9 Å². The van der Waals surface area contributed by atoms with Gasteiger partial charge in [0.1, 0.15) is 19.8 Å². The zero-order chi connectivity index (χ0) is 49.2. The second-order valence-electron chi connectivity index (χ2n) is 17.5. The number of quaternary nitrogens is 1. The lowest BCUT2D eigenvalue weighted by atomic mass is 10.1. The summed E-state index contributed by atoms with van der Waals surface area (Å²) in [6.07, 6.45) is 68.5. The van der Waals surface area contributed by atoms with E-state index in [-0.39, 0.29) is 26.1 Å². The van der Waals surface area contributed by atoms with Gasteiger partial charge in [0, 0.05) is 12.8 Å². The van der Waals surface area contributed by atoms with Crippen molar-refractivity contribution in [1.29, 1.82) is 0 Å². The zero-order valence-corrected chi connectivity index (χ0v) is 43.5. The first-order valence-electron chi connectivity index (χ1n) is 25.4. The van der Waals surface area contributed by atoms with Crippen LogP contribution in [0.5, 0.6) is 0 Å². The average molecular weight is 951 g/mol. The molecule has 2 unspecified atom stereocenters. The highest BCUT2D eigenvalue weighted by Crippen LogP contribution is 2.43. The maximum atomic E-state index is 12.7. The monoisotopic (exact) mass is 951 g/mol. The van der Waals surface area contributed by atoms with Gasteiger partial charge in [-0.3, -0.25) is 18.6 Å². The zero-order valence-electron chi connectivity index (χ0n) is 42.6. The topological polar surface area (TPSA) is 108 Å². The first-order chi connectivity index (χ1) is 32.5. The molecule has 0 heterocycles. The molecule has 0 saturated heterocycles. The number of phosphoric ester groups is 1. The summed E-state index contributed by atoms with van der Waals surface area (Å²) in [5, 5.41) is 0. The fourth-order valence-corrected chi connectivity index (χ4v) is 6.76. The Labute approximate surface area is 409 Å². The van der Waals surface area contributed by atoms with Gasteiger partial charge in [-0.25, -0.2) is 4.57 Å². The lowest BCUT2D eigenvalue weighted by Crippen LogP contribution is -2.37. The Bertz CT molecular complexity index is 1590. The van der Waals surface area contributed by atoms with E-state index >= 15 is 0 Å². The molecule has 0 aromatic rings. The number of allylic oxidation sites excluding steroid dienone is 22. The fourth-order valence-electron chi connectivity index (χ4n) is 6.02. The Balaban J connectivity index is 4.15. The normalized spacial score (nSPS) is 14.5. The first-order valence-corrected chi connectivity index (χ1v) is 26.9. The molecule has 0 bridgehead atoms. The molecule has 0 amide bonds. The molecule has 0 aromatic heterocycles. The van der Waals surface area contributed by atoms with Crippen molar-refractivity contribution < 1.29 is 42.1 Å². The van der Waals surface area contributed by atoms with Crippen LogP contribution in [0.1, 0.15) is 162 Å². The molecule has 378 valence electrons. The SMILES string of the molecule is CC/C=C\C/C=C\C/C=C\C/C=C\C/C=C\C/C=C\C/C=C\C/C=C\C/C=C\C/C=C\C/C=C\CCCCCC(=O)OC(COC(=O)CCCCCCCC)COP(=O)(O)OCC[N+](C)(C)C. The quantitative estimate of drug-likeness (QED) is 0.0212. The molecule has 10 heteroatoms. The number of rotatable bonds is 44. The van der Waals surface area contributed by atoms with E-state index in [1.165, 1.54) is 6.42 Å². The lowest BCUT2D eigenvalue weighted by molar-refractivity contribution is -0.870. The molecule has 0 rings (SSSR count). The van der Waals surface area contributed by atoms with Gasteiger partial charge in [0.2, 0.25) is 0 Å². The van der Waals surface area contributed by atoms with E-state index in [0.29, 0.717) is 17.4 Å². The van der Waals surface area contributed by atoms with Crippen molar-refractivity contribution in [3.05, 3.63) is 134 Å². The Morgan fingerprint density at radius 3 is 1.27 bits per heavy atom. The Kier molecular flexibility index (Phi) is 44.5. The second kappa shape index (κ2) is 47.2. The molecule has 0 aliphatic heterocycles. The number of hydrogen-bond donors (Lipinski definition) is 1. The summed E-state index contributed by atoms with van der Waals surface area (Å²) in [4.78, 5) is 35.2.